The van der Waals surface area contributed by atoms with E-state index < -0.39 is 0 Å². The number of hydrogen-bond donors (Lipinski definition) is 0. The van der Waals surface area contributed by atoms with Crippen molar-refractivity contribution in [1.29, 1.82) is 0 Å². The first kappa shape index (κ1) is 20.4. The van der Waals surface area contributed by atoms with E-state index in [1.807, 2.05) is 67.3 Å². The highest BCUT2D eigenvalue weighted by atomic mass is 16.5. The summed E-state index contributed by atoms with van der Waals surface area (Å²) in [5.74, 6) is 0.666. The molecule has 0 radical (unpaired) electrons. The van der Waals surface area contributed by atoms with Crippen LogP contribution in [0.1, 0.15) is 57.1 Å². The molecule has 2 aliphatic rings. The highest BCUT2D eigenvalue weighted by Crippen LogP contribution is 2.49. The van der Waals surface area contributed by atoms with E-state index in [1.165, 1.54) is 0 Å². The summed E-state index contributed by atoms with van der Waals surface area (Å²) in [4.78, 5) is 28.7. The average Bonchev–Trinajstić information content (AvgIpc) is 2.68. The van der Waals surface area contributed by atoms with Crippen molar-refractivity contribution in [2.75, 3.05) is 11.5 Å². The van der Waals surface area contributed by atoms with Gasteiger partial charge in [0.15, 0.2) is 5.78 Å². The number of anilines is 1. The molecule has 0 saturated heterocycles. The van der Waals surface area contributed by atoms with Crippen molar-refractivity contribution >= 4 is 17.4 Å². The van der Waals surface area contributed by atoms with Crippen LogP contribution in [0.3, 0.4) is 0 Å². The van der Waals surface area contributed by atoms with E-state index in [9.17, 15) is 9.59 Å². The van der Waals surface area contributed by atoms with E-state index >= 15 is 0 Å². The van der Waals surface area contributed by atoms with Crippen molar-refractivity contribution in [3.63, 3.8) is 0 Å². The maximum Gasteiger partial charge on any atom is 0.232 e. The van der Waals surface area contributed by atoms with Gasteiger partial charge in [0, 0.05) is 35.6 Å². The number of Topliss-reactive ketones (excluding diaryl/α,β-unsaturated/α-hetero) is 1. The second kappa shape index (κ2) is 7.75. The normalized spacial score (nSPS) is 20.9. The Bertz CT molecular complexity index is 1030. The molecule has 1 amide bonds. The fourth-order valence-corrected chi connectivity index (χ4v) is 4.83. The molecule has 1 heterocycles. The van der Waals surface area contributed by atoms with E-state index in [0.29, 0.717) is 19.4 Å². The maximum absolute atomic E-state index is 13.5. The molecular weight excluding hydrogens is 374 g/mol. The van der Waals surface area contributed by atoms with Gasteiger partial charge in [0.1, 0.15) is 5.75 Å². The van der Waals surface area contributed by atoms with Crippen molar-refractivity contribution < 1.29 is 14.3 Å². The fraction of sp³-hybridized carbons (Fsp3) is 0.385. The third-order valence-corrected chi connectivity index (χ3v) is 6.09. The van der Waals surface area contributed by atoms with Crippen LogP contribution < -0.4 is 9.64 Å². The van der Waals surface area contributed by atoms with Crippen LogP contribution in [0.4, 0.5) is 5.69 Å². The van der Waals surface area contributed by atoms with Crippen molar-refractivity contribution in [2.24, 2.45) is 5.41 Å². The van der Waals surface area contributed by atoms with Crippen LogP contribution in [0.5, 0.6) is 5.75 Å². The van der Waals surface area contributed by atoms with Gasteiger partial charge < -0.3 is 4.74 Å². The lowest BCUT2D eigenvalue weighted by molar-refractivity contribution is -0.121. The van der Waals surface area contributed by atoms with Crippen LogP contribution in [-0.2, 0) is 9.59 Å². The molecule has 0 spiro atoms. The molecule has 4 rings (SSSR count). The Morgan fingerprint density at radius 2 is 1.73 bits per heavy atom. The molecule has 1 aliphatic heterocycles. The minimum atomic E-state index is -0.265. The number of allylic oxidation sites excluding steroid dienone is 2. The van der Waals surface area contributed by atoms with Crippen LogP contribution in [-0.4, -0.2) is 18.3 Å². The Labute approximate surface area is 178 Å². The van der Waals surface area contributed by atoms with Crippen molar-refractivity contribution in [3.8, 4) is 5.75 Å². The molecule has 1 atom stereocenters. The predicted octanol–water partition coefficient (Wildman–Crippen LogP) is 5.56. The van der Waals surface area contributed by atoms with Crippen LogP contribution in [0.15, 0.2) is 59.8 Å². The fourth-order valence-electron chi connectivity index (χ4n) is 4.83. The quantitative estimate of drug-likeness (QED) is 0.672. The molecule has 0 N–H and O–H groups in total. The van der Waals surface area contributed by atoms with E-state index in [1.54, 1.807) is 0 Å². The minimum Gasteiger partial charge on any atom is -0.494 e. The molecule has 4 heteroatoms. The van der Waals surface area contributed by atoms with Crippen molar-refractivity contribution in [2.45, 2.75) is 52.9 Å². The molecule has 2 aromatic carbocycles. The molecular formula is C26H29NO3. The predicted molar refractivity (Wildman–Crippen MR) is 119 cm³/mol. The van der Waals surface area contributed by atoms with Crippen LogP contribution in [0.25, 0.3) is 0 Å². The van der Waals surface area contributed by atoms with Crippen LogP contribution >= 0.6 is 0 Å². The first-order chi connectivity index (χ1) is 14.3. The van der Waals surface area contributed by atoms with Gasteiger partial charge in [0.05, 0.1) is 12.3 Å². The number of amides is 1. The zero-order valence-corrected chi connectivity index (χ0v) is 18.2. The van der Waals surface area contributed by atoms with Crippen molar-refractivity contribution in [3.05, 3.63) is 70.9 Å². The van der Waals surface area contributed by atoms with Gasteiger partial charge in [-0.1, -0.05) is 50.2 Å². The zero-order chi connectivity index (χ0) is 21.5. The Hall–Kier alpha value is -2.88. The first-order valence-electron chi connectivity index (χ1n) is 10.7. The summed E-state index contributed by atoms with van der Waals surface area (Å²) < 4.78 is 5.85. The van der Waals surface area contributed by atoms with Gasteiger partial charge >= 0.3 is 0 Å². The van der Waals surface area contributed by atoms with Gasteiger partial charge in [-0.3, -0.25) is 14.5 Å². The van der Waals surface area contributed by atoms with Gasteiger partial charge in [-0.05, 0) is 43.4 Å². The number of aryl methyl sites for hydroxylation is 1. The van der Waals surface area contributed by atoms with Gasteiger partial charge in [-0.2, -0.15) is 0 Å². The Morgan fingerprint density at radius 1 is 1.03 bits per heavy atom. The summed E-state index contributed by atoms with van der Waals surface area (Å²) >= 11 is 0. The Kier molecular flexibility index (Phi) is 5.27. The van der Waals surface area contributed by atoms with Gasteiger partial charge in [-0.25, -0.2) is 0 Å². The number of nitrogens with zero attached hydrogens (tertiary/aromatic N) is 1. The molecule has 2 aromatic rings. The maximum atomic E-state index is 13.5. The van der Waals surface area contributed by atoms with Gasteiger partial charge in [0.2, 0.25) is 5.91 Å². The zero-order valence-electron chi connectivity index (χ0n) is 18.2. The second-order valence-corrected chi connectivity index (χ2v) is 9.04. The number of ketones is 1. The van der Waals surface area contributed by atoms with E-state index in [2.05, 4.69) is 13.8 Å². The third kappa shape index (κ3) is 3.55. The minimum absolute atomic E-state index is 0.0323. The summed E-state index contributed by atoms with van der Waals surface area (Å²) in [7, 11) is 0. The summed E-state index contributed by atoms with van der Waals surface area (Å²) in [5.41, 5.74) is 4.29. The first-order valence-corrected chi connectivity index (χ1v) is 10.7. The summed E-state index contributed by atoms with van der Waals surface area (Å²) in [6, 6.07) is 15.7. The monoisotopic (exact) mass is 403 g/mol. The number of benzene rings is 2. The number of hydrogen-bond acceptors (Lipinski definition) is 3. The SMILES string of the molecule is CCOc1ccccc1C1CC(=O)N(c2ccccc2C)C2=C1C(=O)CC(C)(C)C2. The molecule has 4 nitrogen and oxygen atoms in total. The number of carbonyl (C=O) groups excluding carboxylic acids is 2. The number of para-hydroxylation sites is 2. The number of ether oxygens (including phenoxy) is 1. The summed E-state index contributed by atoms with van der Waals surface area (Å²) in [5, 5.41) is 0. The second-order valence-electron chi connectivity index (χ2n) is 9.04. The summed E-state index contributed by atoms with van der Waals surface area (Å²) in [6.07, 6.45) is 1.46. The Balaban J connectivity index is 1.92. The lowest BCUT2D eigenvalue weighted by atomic mass is 9.69. The number of rotatable bonds is 4. The smallest absolute Gasteiger partial charge is 0.232 e. The molecule has 0 saturated carbocycles. The Morgan fingerprint density at radius 3 is 2.47 bits per heavy atom. The average molecular weight is 404 g/mol. The van der Waals surface area contributed by atoms with Gasteiger partial charge in [-0.15, -0.1) is 0 Å². The lowest BCUT2D eigenvalue weighted by Crippen LogP contribution is -2.44. The molecule has 0 fully saturated rings. The van der Waals surface area contributed by atoms with Crippen LogP contribution in [0.2, 0.25) is 0 Å². The van der Waals surface area contributed by atoms with E-state index in [4.69, 9.17) is 4.74 Å². The molecule has 0 bridgehead atoms. The van der Waals surface area contributed by atoms with Crippen LogP contribution in [0, 0.1) is 12.3 Å². The molecule has 0 aromatic heterocycles. The topological polar surface area (TPSA) is 46.6 Å². The number of carbonyl (C=O) groups is 2. The highest BCUT2D eigenvalue weighted by Gasteiger charge is 2.45. The molecule has 1 aliphatic carbocycles. The summed E-state index contributed by atoms with van der Waals surface area (Å²) in [6.45, 7) is 8.70. The van der Waals surface area contributed by atoms with E-state index in [0.717, 1.165) is 33.8 Å². The molecule has 1 unspecified atom stereocenters. The lowest BCUT2D eigenvalue weighted by Gasteiger charge is -2.43. The largest absolute Gasteiger partial charge is 0.494 e. The van der Waals surface area contributed by atoms with Crippen molar-refractivity contribution in [1.82, 2.24) is 0 Å². The third-order valence-electron chi connectivity index (χ3n) is 6.09. The highest BCUT2D eigenvalue weighted by molar-refractivity contribution is 6.08. The molecule has 156 valence electrons. The van der Waals surface area contributed by atoms with Gasteiger partial charge in [0.25, 0.3) is 0 Å². The van der Waals surface area contributed by atoms with E-state index in [-0.39, 0.29) is 29.4 Å². The molecule has 30 heavy (non-hydrogen) atoms. The standard InChI is InChI=1S/C26H29NO3/c1-5-30-23-13-9-7-11-18(23)19-14-24(29)27(20-12-8-6-10-17(20)2)21-15-26(3,4)16-22(28)25(19)21/h6-13,19H,5,14-16H2,1-4H3.